The van der Waals surface area contributed by atoms with Crippen molar-refractivity contribution in [2.24, 2.45) is 0 Å². The fourth-order valence-electron chi connectivity index (χ4n) is 2.40. The topological polar surface area (TPSA) is 101 Å². The summed E-state index contributed by atoms with van der Waals surface area (Å²) in [7, 11) is -3.81. The standard InChI is InChI=1S/C19H19N3O4S/c1-13-14(2)21-26-19(13)22-27(24,25)17-10-8-16(9-11-17)20-18(23)12-15-6-4-3-5-7-15/h3-11,22H,12H2,1-2H3,(H,20,23). The molecule has 0 aliphatic heterocycles. The average molecular weight is 385 g/mol. The number of anilines is 2. The number of carbonyl (C=O) groups is 1. The summed E-state index contributed by atoms with van der Waals surface area (Å²) in [5, 5.41) is 6.47. The molecule has 0 saturated heterocycles. The molecule has 0 unspecified atom stereocenters. The molecule has 0 atom stereocenters. The number of hydrogen-bond acceptors (Lipinski definition) is 5. The second-order valence-electron chi connectivity index (χ2n) is 6.06. The van der Waals surface area contributed by atoms with Gasteiger partial charge in [-0.1, -0.05) is 35.5 Å². The Morgan fingerprint density at radius 2 is 1.70 bits per heavy atom. The van der Waals surface area contributed by atoms with Crippen LogP contribution in [0.4, 0.5) is 11.6 Å². The van der Waals surface area contributed by atoms with Crippen molar-refractivity contribution in [1.29, 1.82) is 0 Å². The fraction of sp³-hybridized carbons (Fsp3) is 0.158. The number of nitrogens with one attached hydrogen (secondary N) is 2. The summed E-state index contributed by atoms with van der Waals surface area (Å²) in [5.74, 6) is -0.0876. The third kappa shape index (κ3) is 4.53. The molecule has 0 radical (unpaired) electrons. The van der Waals surface area contributed by atoms with E-state index in [1.807, 2.05) is 30.3 Å². The third-order valence-electron chi connectivity index (χ3n) is 4.04. The van der Waals surface area contributed by atoms with Gasteiger partial charge in [-0.15, -0.1) is 0 Å². The molecule has 8 heteroatoms. The number of hydrogen-bond donors (Lipinski definition) is 2. The van der Waals surface area contributed by atoms with E-state index in [1.165, 1.54) is 24.3 Å². The van der Waals surface area contributed by atoms with Crippen LogP contribution in [0.2, 0.25) is 0 Å². The molecule has 1 aromatic heterocycles. The minimum atomic E-state index is -3.81. The molecule has 0 aliphatic carbocycles. The van der Waals surface area contributed by atoms with E-state index in [0.717, 1.165) is 5.56 Å². The lowest BCUT2D eigenvalue weighted by molar-refractivity contribution is -0.115. The van der Waals surface area contributed by atoms with E-state index in [0.29, 0.717) is 16.9 Å². The number of amides is 1. The maximum atomic E-state index is 12.5. The normalized spacial score (nSPS) is 11.2. The highest BCUT2D eigenvalue weighted by molar-refractivity contribution is 7.92. The number of carbonyl (C=O) groups excluding carboxylic acids is 1. The summed E-state index contributed by atoms with van der Waals surface area (Å²) < 4.78 is 32.3. The van der Waals surface area contributed by atoms with Gasteiger partial charge in [0.1, 0.15) is 0 Å². The molecule has 1 amide bonds. The van der Waals surface area contributed by atoms with E-state index in [9.17, 15) is 13.2 Å². The van der Waals surface area contributed by atoms with Crippen molar-refractivity contribution in [1.82, 2.24) is 5.16 Å². The molecule has 0 aliphatic rings. The van der Waals surface area contributed by atoms with Crippen molar-refractivity contribution in [3.8, 4) is 0 Å². The molecule has 0 saturated carbocycles. The van der Waals surface area contributed by atoms with Crippen LogP contribution in [-0.2, 0) is 21.2 Å². The molecule has 0 spiro atoms. The first-order valence-corrected chi connectivity index (χ1v) is 9.73. The van der Waals surface area contributed by atoms with Crippen LogP contribution in [0.1, 0.15) is 16.8 Å². The number of aromatic nitrogens is 1. The van der Waals surface area contributed by atoms with E-state index in [4.69, 9.17) is 4.52 Å². The fourth-order valence-corrected chi connectivity index (χ4v) is 3.44. The Bertz CT molecular complexity index is 1040. The van der Waals surface area contributed by atoms with Gasteiger partial charge in [-0.05, 0) is 43.7 Å². The van der Waals surface area contributed by atoms with Crippen LogP contribution < -0.4 is 10.0 Å². The predicted molar refractivity (Wildman–Crippen MR) is 102 cm³/mol. The summed E-state index contributed by atoms with van der Waals surface area (Å²) in [6, 6.07) is 15.3. The maximum absolute atomic E-state index is 12.5. The van der Waals surface area contributed by atoms with Crippen LogP contribution in [-0.4, -0.2) is 19.5 Å². The molecule has 2 N–H and O–H groups in total. The first kappa shape index (κ1) is 18.7. The van der Waals surface area contributed by atoms with Crippen LogP contribution in [0.15, 0.2) is 64.0 Å². The van der Waals surface area contributed by atoms with Gasteiger partial charge in [-0.25, -0.2) is 13.1 Å². The minimum Gasteiger partial charge on any atom is -0.337 e. The Kier molecular flexibility index (Phi) is 5.27. The summed E-state index contributed by atoms with van der Waals surface area (Å²) in [6.07, 6.45) is 0.243. The number of nitrogens with zero attached hydrogens (tertiary/aromatic N) is 1. The first-order chi connectivity index (χ1) is 12.8. The third-order valence-corrected chi connectivity index (χ3v) is 5.39. The van der Waals surface area contributed by atoms with Crippen LogP contribution in [0.3, 0.4) is 0 Å². The summed E-state index contributed by atoms with van der Waals surface area (Å²) in [6.45, 7) is 3.44. The molecule has 0 bridgehead atoms. The van der Waals surface area contributed by atoms with Crippen molar-refractivity contribution < 1.29 is 17.7 Å². The van der Waals surface area contributed by atoms with Crippen LogP contribution in [0.25, 0.3) is 0 Å². The summed E-state index contributed by atoms with van der Waals surface area (Å²) >= 11 is 0. The second-order valence-corrected chi connectivity index (χ2v) is 7.74. The van der Waals surface area contributed by atoms with Crippen molar-refractivity contribution in [2.75, 3.05) is 10.0 Å². The highest BCUT2D eigenvalue weighted by Crippen LogP contribution is 2.22. The molecule has 0 fully saturated rings. The molecular formula is C19H19N3O4S. The molecule has 140 valence electrons. The van der Waals surface area contributed by atoms with Gasteiger partial charge in [0.05, 0.1) is 17.0 Å². The van der Waals surface area contributed by atoms with Gasteiger partial charge in [0, 0.05) is 11.3 Å². The van der Waals surface area contributed by atoms with Gasteiger partial charge in [0.2, 0.25) is 11.8 Å². The minimum absolute atomic E-state index is 0.0528. The largest absolute Gasteiger partial charge is 0.337 e. The summed E-state index contributed by atoms with van der Waals surface area (Å²) in [5.41, 5.74) is 2.66. The van der Waals surface area contributed by atoms with Crippen LogP contribution >= 0.6 is 0 Å². The smallest absolute Gasteiger partial charge is 0.264 e. The quantitative estimate of drug-likeness (QED) is 0.678. The van der Waals surface area contributed by atoms with Crippen LogP contribution in [0, 0.1) is 13.8 Å². The Balaban J connectivity index is 1.67. The van der Waals surface area contributed by atoms with Gasteiger partial charge in [-0.2, -0.15) is 0 Å². The van der Waals surface area contributed by atoms with Crippen molar-refractivity contribution in [2.45, 2.75) is 25.2 Å². The highest BCUT2D eigenvalue weighted by atomic mass is 32.2. The number of benzene rings is 2. The van der Waals surface area contributed by atoms with Crippen molar-refractivity contribution in [3.05, 3.63) is 71.4 Å². The number of rotatable bonds is 6. The Morgan fingerprint density at radius 1 is 1.04 bits per heavy atom. The zero-order valence-electron chi connectivity index (χ0n) is 14.9. The molecule has 27 heavy (non-hydrogen) atoms. The average Bonchev–Trinajstić information content (AvgIpc) is 2.94. The molecule has 2 aromatic carbocycles. The molecule has 1 heterocycles. The Labute approximate surface area is 157 Å². The monoisotopic (exact) mass is 385 g/mol. The van der Waals surface area contributed by atoms with E-state index in [2.05, 4.69) is 15.2 Å². The molecule has 7 nitrogen and oxygen atoms in total. The first-order valence-electron chi connectivity index (χ1n) is 8.25. The molecule has 3 aromatic rings. The van der Waals surface area contributed by atoms with Crippen LogP contribution in [0.5, 0.6) is 0 Å². The number of sulfonamides is 1. The highest BCUT2D eigenvalue weighted by Gasteiger charge is 2.19. The Hall–Kier alpha value is -3.13. The van der Waals surface area contributed by atoms with Crippen molar-refractivity contribution >= 4 is 27.5 Å². The zero-order valence-corrected chi connectivity index (χ0v) is 15.7. The van der Waals surface area contributed by atoms with Crippen molar-refractivity contribution in [3.63, 3.8) is 0 Å². The zero-order chi connectivity index (χ0) is 19.4. The second kappa shape index (κ2) is 7.63. The van der Waals surface area contributed by atoms with E-state index >= 15 is 0 Å². The SMILES string of the molecule is Cc1noc(NS(=O)(=O)c2ccc(NC(=O)Cc3ccccc3)cc2)c1C. The van der Waals surface area contributed by atoms with E-state index in [1.54, 1.807) is 13.8 Å². The Morgan fingerprint density at radius 3 is 2.30 bits per heavy atom. The van der Waals surface area contributed by atoms with Gasteiger partial charge in [0.25, 0.3) is 10.0 Å². The van der Waals surface area contributed by atoms with E-state index < -0.39 is 10.0 Å². The predicted octanol–water partition coefficient (Wildman–Crippen LogP) is 3.27. The number of aryl methyl sites for hydroxylation is 1. The van der Waals surface area contributed by atoms with E-state index in [-0.39, 0.29) is 23.1 Å². The lowest BCUT2D eigenvalue weighted by Crippen LogP contribution is -2.15. The van der Waals surface area contributed by atoms with Gasteiger partial charge in [-0.3, -0.25) is 4.79 Å². The maximum Gasteiger partial charge on any atom is 0.264 e. The molecule has 3 rings (SSSR count). The van der Waals surface area contributed by atoms with Gasteiger partial charge in [0.15, 0.2) is 0 Å². The summed E-state index contributed by atoms with van der Waals surface area (Å²) in [4.78, 5) is 12.1. The van der Waals surface area contributed by atoms with Gasteiger partial charge >= 0.3 is 0 Å². The van der Waals surface area contributed by atoms with Gasteiger partial charge < -0.3 is 9.84 Å². The lowest BCUT2D eigenvalue weighted by Gasteiger charge is -2.08. The lowest BCUT2D eigenvalue weighted by atomic mass is 10.1. The molecular weight excluding hydrogens is 366 g/mol.